The number of hydrogen-bond donors (Lipinski definition) is 0. The topological polar surface area (TPSA) is 39.1 Å². The Morgan fingerprint density at radius 2 is 2.00 bits per heavy atom. The number of benzene rings is 1. The van der Waals surface area contributed by atoms with E-state index in [4.69, 9.17) is 0 Å². The number of carbonyl (C=O) groups is 1. The van der Waals surface area contributed by atoms with E-state index < -0.39 is 11.2 Å². The summed E-state index contributed by atoms with van der Waals surface area (Å²) in [6, 6.07) is 4.32. The molecule has 4 heteroatoms. The second-order valence-corrected chi connectivity index (χ2v) is 4.57. The van der Waals surface area contributed by atoms with E-state index in [2.05, 4.69) is 0 Å². The van der Waals surface area contributed by atoms with E-state index in [1.54, 1.807) is 12.3 Å². The molecule has 0 atom stereocenters. The van der Waals surface area contributed by atoms with Crippen molar-refractivity contribution in [2.24, 2.45) is 0 Å². The van der Waals surface area contributed by atoms with E-state index in [0.29, 0.717) is 11.8 Å². The van der Waals surface area contributed by atoms with Crippen LogP contribution in [-0.4, -0.2) is 10.9 Å². The molecule has 0 aliphatic heterocycles. The molecule has 0 unspecified atom stereocenters. The molecule has 2 aromatic rings. The van der Waals surface area contributed by atoms with Gasteiger partial charge in [-0.3, -0.25) is 9.59 Å². The molecule has 1 aromatic heterocycles. The SMILES string of the molecule is CCC(CC)n1cc(C=O)c(=O)c2cc(F)ccc21. The van der Waals surface area contributed by atoms with Gasteiger partial charge in [0.05, 0.1) is 11.1 Å². The summed E-state index contributed by atoms with van der Waals surface area (Å²) in [7, 11) is 0. The number of halogens is 1. The minimum absolute atomic E-state index is 0.0741. The Hall–Kier alpha value is -1.97. The van der Waals surface area contributed by atoms with Crippen molar-refractivity contribution in [1.82, 2.24) is 4.57 Å². The van der Waals surface area contributed by atoms with Gasteiger partial charge in [0.25, 0.3) is 0 Å². The van der Waals surface area contributed by atoms with Crippen LogP contribution in [0.4, 0.5) is 4.39 Å². The quantitative estimate of drug-likeness (QED) is 0.792. The lowest BCUT2D eigenvalue weighted by atomic mass is 10.1. The van der Waals surface area contributed by atoms with Crippen molar-refractivity contribution in [2.45, 2.75) is 32.7 Å². The van der Waals surface area contributed by atoms with Crippen LogP contribution in [0.1, 0.15) is 43.1 Å². The summed E-state index contributed by atoms with van der Waals surface area (Å²) in [6.45, 7) is 4.09. The van der Waals surface area contributed by atoms with Gasteiger partial charge in [0.1, 0.15) is 5.82 Å². The zero-order chi connectivity index (χ0) is 14.0. The number of pyridine rings is 1. The molecule has 1 aromatic carbocycles. The highest BCUT2D eigenvalue weighted by atomic mass is 19.1. The lowest BCUT2D eigenvalue weighted by Crippen LogP contribution is -2.17. The fourth-order valence-electron chi connectivity index (χ4n) is 2.42. The monoisotopic (exact) mass is 261 g/mol. The third-order valence-electron chi connectivity index (χ3n) is 3.48. The number of aromatic nitrogens is 1. The van der Waals surface area contributed by atoms with Gasteiger partial charge in [-0.05, 0) is 31.0 Å². The van der Waals surface area contributed by atoms with E-state index >= 15 is 0 Å². The van der Waals surface area contributed by atoms with E-state index in [-0.39, 0.29) is 17.0 Å². The van der Waals surface area contributed by atoms with E-state index in [0.717, 1.165) is 12.8 Å². The van der Waals surface area contributed by atoms with Crippen LogP contribution in [-0.2, 0) is 0 Å². The Bertz CT molecular complexity index is 672. The maximum absolute atomic E-state index is 13.3. The Morgan fingerprint density at radius 3 is 2.58 bits per heavy atom. The number of fused-ring (bicyclic) bond motifs is 1. The summed E-state index contributed by atoms with van der Waals surface area (Å²) in [5, 5.41) is 0.261. The largest absolute Gasteiger partial charge is 0.343 e. The van der Waals surface area contributed by atoms with Gasteiger partial charge in [-0.15, -0.1) is 0 Å². The molecule has 3 nitrogen and oxygen atoms in total. The first-order valence-electron chi connectivity index (χ1n) is 6.41. The van der Waals surface area contributed by atoms with Crippen molar-refractivity contribution in [1.29, 1.82) is 0 Å². The molecular weight excluding hydrogens is 245 g/mol. The molecule has 1 heterocycles. The molecule has 0 fully saturated rings. The third kappa shape index (κ3) is 2.30. The highest BCUT2D eigenvalue weighted by molar-refractivity contribution is 5.86. The van der Waals surface area contributed by atoms with Gasteiger partial charge in [0.2, 0.25) is 0 Å². The summed E-state index contributed by atoms with van der Waals surface area (Å²) in [6.07, 6.45) is 3.87. The van der Waals surface area contributed by atoms with Gasteiger partial charge < -0.3 is 4.57 Å². The highest BCUT2D eigenvalue weighted by Crippen LogP contribution is 2.22. The molecule has 0 spiro atoms. The molecule has 2 rings (SSSR count). The van der Waals surface area contributed by atoms with Crippen LogP contribution in [0.15, 0.2) is 29.2 Å². The van der Waals surface area contributed by atoms with Crippen molar-refractivity contribution in [3.8, 4) is 0 Å². The Labute approximate surface area is 110 Å². The normalized spacial score (nSPS) is 11.2. The zero-order valence-corrected chi connectivity index (χ0v) is 11.0. The summed E-state index contributed by atoms with van der Waals surface area (Å²) < 4.78 is 15.2. The second-order valence-electron chi connectivity index (χ2n) is 4.57. The molecular formula is C15H16FNO2. The highest BCUT2D eigenvalue weighted by Gasteiger charge is 2.14. The molecule has 100 valence electrons. The fraction of sp³-hybridized carbons (Fsp3) is 0.333. The summed E-state index contributed by atoms with van der Waals surface area (Å²) >= 11 is 0. The number of carbonyl (C=O) groups excluding carboxylic acids is 1. The van der Waals surface area contributed by atoms with Gasteiger partial charge in [-0.25, -0.2) is 4.39 Å². The molecule has 0 saturated carbocycles. The van der Waals surface area contributed by atoms with E-state index in [1.807, 2.05) is 18.4 Å². The van der Waals surface area contributed by atoms with Crippen molar-refractivity contribution < 1.29 is 9.18 Å². The van der Waals surface area contributed by atoms with Crippen LogP contribution < -0.4 is 5.43 Å². The summed E-state index contributed by atoms with van der Waals surface area (Å²) in [5.74, 6) is -0.469. The maximum atomic E-state index is 13.3. The molecule has 0 radical (unpaired) electrons. The zero-order valence-electron chi connectivity index (χ0n) is 11.0. The first kappa shape index (κ1) is 13.5. The van der Waals surface area contributed by atoms with Crippen LogP contribution in [0.25, 0.3) is 10.9 Å². The van der Waals surface area contributed by atoms with Gasteiger partial charge in [0, 0.05) is 17.6 Å². The first-order chi connectivity index (χ1) is 9.12. The van der Waals surface area contributed by atoms with Crippen molar-refractivity contribution >= 4 is 17.2 Å². The lowest BCUT2D eigenvalue weighted by molar-refractivity contribution is 0.112. The van der Waals surface area contributed by atoms with Gasteiger partial charge in [-0.2, -0.15) is 0 Å². The molecule has 19 heavy (non-hydrogen) atoms. The second kappa shape index (κ2) is 5.34. The van der Waals surface area contributed by atoms with E-state index in [9.17, 15) is 14.0 Å². The number of aldehydes is 1. The van der Waals surface area contributed by atoms with Crippen LogP contribution in [0, 0.1) is 5.82 Å². The maximum Gasteiger partial charge on any atom is 0.199 e. The molecule has 0 aliphatic rings. The third-order valence-corrected chi connectivity index (χ3v) is 3.48. The molecule has 0 aliphatic carbocycles. The van der Waals surface area contributed by atoms with Crippen LogP contribution in [0.5, 0.6) is 0 Å². The van der Waals surface area contributed by atoms with Crippen LogP contribution in [0.3, 0.4) is 0 Å². The van der Waals surface area contributed by atoms with Crippen LogP contribution in [0.2, 0.25) is 0 Å². The van der Waals surface area contributed by atoms with E-state index in [1.165, 1.54) is 12.1 Å². The Kier molecular flexibility index (Phi) is 3.79. The van der Waals surface area contributed by atoms with Crippen LogP contribution >= 0.6 is 0 Å². The molecule has 0 N–H and O–H groups in total. The predicted octanol–water partition coefficient (Wildman–Crippen LogP) is 3.31. The Balaban J connectivity index is 2.87. The fourth-order valence-corrected chi connectivity index (χ4v) is 2.42. The van der Waals surface area contributed by atoms with Crippen molar-refractivity contribution in [2.75, 3.05) is 0 Å². The van der Waals surface area contributed by atoms with Gasteiger partial charge >= 0.3 is 0 Å². The molecule has 0 bridgehead atoms. The smallest absolute Gasteiger partial charge is 0.199 e. The summed E-state index contributed by atoms with van der Waals surface area (Å²) in [4.78, 5) is 23.1. The average Bonchev–Trinajstić information content (AvgIpc) is 2.42. The average molecular weight is 261 g/mol. The Morgan fingerprint density at radius 1 is 1.32 bits per heavy atom. The lowest BCUT2D eigenvalue weighted by Gasteiger charge is -2.20. The molecule has 0 saturated heterocycles. The van der Waals surface area contributed by atoms with Gasteiger partial charge in [-0.1, -0.05) is 13.8 Å². The van der Waals surface area contributed by atoms with Crippen molar-refractivity contribution in [3.05, 3.63) is 46.0 Å². The van der Waals surface area contributed by atoms with Crippen molar-refractivity contribution in [3.63, 3.8) is 0 Å². The number of rotatable bonds is 4. The number of nitrogens with zero attached hydrogens (tertiary/aromatic N) is 1. The standard InChI is InChI=1S/C15H16FNO2/c1-3-12(4-2)17-8-10(9-18)15(19)13-7-11(16)5-6-14(13)17/h5-9,12H,3-4H2,1-2H3. The minimum Gasteiger partial charge on any atom is -0.343 e. The first-order valence-corrected chi connectivity index (χ1v) is 6.41. The summed E-state index contributed by atoms with van der Waals surface area (Å²) in [5.41, 5.74) is 0.336. The minimum atomic E-state index is -0.469. The van der Waals surface area contributed by atoms with Gasteiger partial charge in [0.15, 0.2) is 11.7 Å². The molecule has 0 amide bonds. The predicted molar refractivity (Wildman–Crippen MR) is 73.2 cm³/mol. The number of hydrogen-bond acceptors (Lipinski definition) is 2.